The Morgan fingerprint density at radius 1 is 1.06 bits per heavy atom. The molecule has 156 valence electrons. The van der Waals surface area contributed by atoms with Gasteiger partial charge in [0.1, 0.15) is 17.3 Å². The summed E-state index contributed by atoms with van der Waals surface area (Å²) >= 11 is 1.58. The zero-order chi connectivity index (χ0) is 21.8. The van der Waals surface area contributed by atoms with Crippen LogP contribution < -0.4 is 4.74 Å². The molecule has 0 fully saturated rings. The number of hydrogen-bond donors (Lipinski definition) is 2. The monoisotopic (exact) mass is 430 g/mol. The van der Waals surface area contributed by atoms with Crippen LogP contribution in [0.25, 0.3) is 26.6 Å². The second-order valence-corrected chi connectivity index (χ2v) is 8.08. The van der Waals surface area contributed by atoms with Gasteiger partial charge in [0, 0.05) is 22.8 Å². The van der Waals surface area contributed by atoms with Crippen LogP contribution in [0.5, 0.6) is 17.2 Å². The fourth-order valence-corrected chi connectivity index (χ4v) is 4.54. The van der Waals surface area contributed by atoms with E-state index in [1.165, 1.54) is 0 Å². The Kier molecular flexibility index (Phi) is 6.07. The maximum absolute atomic E-state index is 9.97. The third-order valence-corrected chi connectivity index (χ3v) is 5.93. The Balaban J connectivity index is 1.78. The zero-order valence-electron chi connectivity index (χ0n) is 17.0. The van der Waals surface area contributed by atoms with Crippen LogP contribution in [0.15, 0.2) is 85.1 Å². The maximum Gasteiger partial charge on any atom is 0.153 e. The van der Waals surface area contributed by atoms with Crippen molar-refractivity contribution >= 4 is 27.5 Å². The van der Waals surface area contributed by atoms with Gasteiger partial charge in [-0.25, -0.2) is 0 Å². The highest BCUT2D eigenvalue weighted by Gasteiger charge is 2.19. The maximum atomic E-state index is 9.97. The number of rotatable bonds is 7. The molecule has 0 saturated carbocycles. The quantitative estimate of drug-likeness (QED) is 0.239. The number of phenolic OH excluding ortho intramolecular Hbond substituents is 1. The normalized spacial score (nSPS) is 11.3. The summed E-state index contributed by atoms with van der Waals surface area (Å²) in [7, 11) is 1.68. The standard InChI is InChI=1S/C26H22O4S/c1-17(27)7-8-18-9-12-21(13-10-18)30-25-23-14-11-20(28)15-24(23)31-26(25)22-6-4-3-5-19(22)16-29-2/h3-15,27-28H,1,16H2,2H3/b8-7+. The van der Waals surface area contributed by atoms with Gasteiger partial charge in [0.15, 0.2) is 5.75 Å². The van der Waals surface area contributed by atoms with E-state index in [0.717, 1.165) is 37.4 Å². The number of aliphatic hydroxyl groups is 1. The van der Waals surface area contributed by atoms with Gasteiger partial charge >= 0.3 is 0 Å². The minimum Gasteiger partial charge on any atom is -0.509 e. The molecule has 0 radical (unpaired) electrons. The van der Waals surface area contributed by atoms with Crippen LogP contribution in [0, 0.1) is 0 Å². The summed E-state index contributed by atoms with van der Waals surface area (Å²) in [5.74, 6) is 1.67. The van der Waals surface area contributed by atoms with Gasteiger partial charge in [0.05, 0.1) is 11.5 Å². The molecule has 5 heteroatoms. The predicted octanol–water partition coefficient (Wildman–Crippen LogP) is 7.30. The molecule has 0 saturated heterocycles. The number of aliphatic hydroxyl groups excluding tert-OH is 1. The molecule has 0 unspecified atom stereocenters. The molecule has 4 nitrogen and oxygen atoms in total. The van der Waals surface area contributed by atoms with E-state index in [1.807, 2.05) is 48.5 Å². The molecule has 0 aliphatic heterocycles. The molecule has 0 spiro atoms. The summed E-state index contributed by atoms with van der Waals surface area (Å²) in [6, 6.07) is 21.0. The molecule has 0 aliphatic carbocycles. The van der Waals surface area contributed by atoms with E-state index in [0.29, 0.717) is 12.4 Å². The number of aromatic hydroxyl groups is 1. The highest BCUT2D eigenvalue weighted by atomic mass is 32.1. The van der Waals surface area contributed by atoms with Crippen molar-refractivity contribution in [3.8, 4) is 27.7 Å². The number of ether oxygens (including phenoxy) is 2. The van der Waals surface area contributed by atoms with Crippen molar-refractivity contribution in [3.63, 3.8) is 0 Å². The number of fused-ring (bicyclic) bond motifs is 1. The van der Waals surface area contributed by atoms with E-state index in [2.05, 4.69) is 12.6 Å². The number of phenols is 1. The highest BCUT2D eigenvalue weighted by molar-refractivity contribution is 7.22. The van der Waals surface area contributed by atoms with Crippen LogP contribution in [-0.2, 0) is 11.3 Å². The second-order valence-electron chi connectivity index (χ2n) is 7.03. The predicted molar refractivity (Wildman–Crippen MR) is 127 cm³/mol. The topological polar surface area (TPSA) is 58.9 Å². The van der Waals surface area contributed by atoms with Crippen LogP contribution in [0.3, 0.4) is 0 Å². The third kappa shape index (κ3) is 4.63. The van der Waals surface area contributed by atoms with Crippen molar-refractivity contribution in [3.05, 3.63) is 96.3 Å². The first kappa shape index (κ1) is 20.7. The van der Waals surface area contributed by atoms with Gasteiger partial charge in [-0.1, -0.05) is 49.1 Å². The van der Waals surface area contributed by atoms with Crippen LogP contribution in [0.2, 0.25) is 0 Å². The minimum absolute atomic E-state index is 0.00712. The van der Waals surface area contributed by atoms with Gasteiger partial charge in [0.25, 0.3) is 0 Å². The van der Waals surface area contributed by atoms with Gasteiger partial charge < -0.3 is 19.7 Å². The Morgan fingerprint density at radius 2 is 1.84 bits per heavy atom. The summed E-state index contributed by atoms with van der Waals surface area (Å²) in [5, 5.41) is 20.1. The average molecular weight is 431 g/mol. The highest BCUT2D eigenvalue weighted by Crippen LogP contribution is 2.48. The van der Waals surface area contributed by atoms with Gasteiger partial charge in [-0.2, -0.15) is 0 Å². The Bertz CT molecular complexity index is 1250. The largest absolute Gasteiger partial charge is 0.509 e. The molecule has 0 bridgehead atoms. The number of hydrogen-bond acceptors (Lipinski definition) is 5. The van der Waals surface area contributed by atoms with Crippen LogP contribution >= 0.6 is 11.3 Å². The van der Waals surface area contributed by atoms with E-state index in [-0.39, 0.29) is 11.5 Å². The first-order chi connectivity index (χ1) is 15.0. The number of methoxy groups -OCH3 is 1. The Morgan fingerprint density at radius 3 is 2.58 bits per heavy atom. The zero-order valence-corrected chi connectivity index (χ0v) is 17.9. The molecule has 1 heterocycles. The lowest BCUT2D eigenvalue weighted by molar-refractivity contribution is 0.185. The van der Waals surface area contributed by atoms with Crippen LogP contribution in [0.4, 0.5) is 0 Å². The Labute approximate surface area is 184 Å². The molecule has 4 aromatic rings. The summed E-state index contributed by atoms with van der Waals surface area (Å²) in [6.45, 7) is 3.94. The van der Waals surface area contributed by atoms with Crippen LogP contribution in [0.1, 0.15) is 11.1 Å². The molecule has 2 N–H and O–H groups in total. The van der Waals surface area contributed by atoms with Crippen molar-refractivity contribution < 1.29 is 19.7 Å². The number of thiophene rings is 1. The van der Waals surface area contributed by atoms with Gasteiger partial charge in [-0.15, -0.1) is 11.3 Å². The van der Waals surface area contributed by atoms with E-state index in [1.54, 1.807) is 42.7 Å². The van der Waals surface area contributed by atoms with Crippen molar-refractivity contribution in [2.24, 2.45) is 0 Å². The van der Waals surface area contributed by atoms with E-state index < -0.39 is 0 Å². The van der Waals surface area contributed by atoms with Crippen molar-refractivity contribution in [1.82, 2.24) is 0 Å². The van der Waals surface area contributed by atoms with Crippen LogP contribution in [-0.4, -0.2) is 17.3 Å². The molecule has 4 rings (SSSR count). The number of benzene rings is 3. The second kappa shape index (κ2) is 9.08. The fraction of sp³-hybridized carbons (Fsp3) is 0.0769. The molecule has 3 aromatic carbocycles. The Hall–Kier alpha value is -3.54. The van der Waals surface area contributed by atoms with Gasteiger partial charge in [-0.3, -0.25) is 0 Å². The number of allylic oxidation sites excluding steroid dienone is 1. The SMILES string of the molecule is C=C(O)/C=C/c1ccc(Oc2c(-c3ccccc3COC)sc3cc(O)ccc23)cc1. The van der Waals surface area contributed by atoms with Gasteiger partial charge in [0.2, 0.25) is 0 Å². The third-order valence-electron chi connectivity index (χ3n) is 4.76. The summed E-state index contributed by atoms with van der Waals surface area (Å²) in [6.07, 6.45) is 3.32. The first-order valence-corrected chi connectivity index (χ1v) is 10.5. The lowest BCUT2D eigenvalue weighted by Crippen LogP contribution is -1.92. The van der Waals surface area contributed by atoms with Gasteiger partial charge in [-0.05, 0) is 47.5 Å². The average Bonchev–Trinajstić information content (AvgIpc) is 3.11. The van der Waals surface area contributed by atoms with E-state index in [4.69, 9.17) is 9.47 Å². The summed E-state index contributed by atoms with van der Waals surface area (Å²) in [5.41, 5.74) is 3.03. The van der Waals surface area contributed by atoms with Crippen molar-refractivity contribution in [2.75, 3.05) is 7.11 Å². The van der Waals surface area contributed by atoms with Crippen molar-refractivity contribution in [2.45, 2.75) is 6.61 Å². The summed E-state index contributed by atoms with van der Waals surface area (Å²) in [4.78, 5) is 0.980. The van der Waals surface area contributed by atoms with Crippen molar-refractivity contribution in [1.29, 1.82) is 0 Å². The fourth-order valence-electron chi connectivity index (χ4n) is 3.32. The molecule has 0 atom stereocenters. The van der Waals surface area contributed by atoms with E-state index >= 15 is 0 Å². The summed E-state index contributed by atoms with van der Waals surface area (Å²) < 4.78 is 12.7. The smallest absolute Gasteiger partial charge is 0.153 e. The molecule has 0 amide bonds. The lowest BCUT2D eigenvalue weighted by atomic mass is 10.1. The molecule has 0 aliphatic rings. The lowest BCUT2D eigenvalue weighted by Gasteiger charge is -2.11. The molecule has 1 aromatic heterocycles. The van der Waals surface area contributed by atoms with E-state index in [9.17, 15) is 10.2 Å². The first-order valence-electron chi connectivity index (χ1n) is 9.72. The molecular formula is C26H22O4S. The molecule has 31 heavy (non-hydrogen) atoms. The minimum atomic E-state index is 0.00712. The molecular weight excluding hydrogens is 408 g/mol.